The van der Waals surface area contributed by atoms with Crippen molar-refractivity contribution in [2.45, 2.75) is 25.8 Å². The van der Waals surface area contributed by atoms with E-state index in [1.54, 1.807) is 23.5 Å². The molecule has 1 heterocycles. The van der Waals surface area contributed by atoms with E-state index in [9.17, 15) is 9.59 Å². The van der Waals surface area contributed by atoms with Gasteiger partial charge in [-0.25, -0.2) is 0 Å². The average molecular weight is 328 g/mol. The molecule has 4 nitrogen and oxygen atoms in total. The first kappa shape index (κ1) is 17.0. The minimum Gasteiger partial charge on any atom is -0.353 e. The van der Waals surface area contributed by atoms with Gasteiger partial charge >= 0.3 is 0 Å². The predicted molar refractivity (Wildman–Crippen MR) is 94.6 cm³/mol. The zero-order valence-corrected chi connectivity index (χ0v) is 13.9. The van der Waals surface area contributed by atoms with E-state index < -0.39 is 0 Å². The number of amides is 2. The standard InChI is InChI=1S/C18H20N2O2S/c1-3-17(21)20-15-7-4-6-14(11-15)12-18(22)19-13(2)10-16-8-5-9-23-16/h3-9,11,13H,1,10,12H2,2H3,(H,19,22)(H,20,21). The first-order chi connectivity index (χ1) is 11.1. The van der Waals surface area contributed by atoms with E-state index in [1.165, 1.54) is 11.0 Å². The van der Waals surface area contributed by atoms with E-state index in [1.807, 2.05) is 30.5 Å². The van der Waals surface area contributed by atoms with Crippen LogP contribution in [0, 0.1) is 0 Å². The third-order valence-corrected chi connectivity index (χ3v) is 4.14. The average Bonchev–Trinajstić information content (AvgIpc) is 2.99. The molecule has 0 bridgehead atoms. The summed E-state index contributed by atoms with van der Waals surface area (Å²) in [7, 11) is 0. The van der Waals surface area contributed by atoms with Crippen molar-refractivity contribution < 1.29 is 9.59 Å². The van der Waals surface area contributed by atoms with Crippen LogP contribution in [-0.2, 0) is 22.4 Å². The largest absolute Gasteiger partial charge is 0.353 e. The van der Waals surface area contributed by atoms with Gasteiger partial charge in [0.15, 0.2) is 0 Å². The maximum absolute atomic E-state index is 12.1. The van der Waals surface area contributed by atoms with Gasteiger partial charge in [0.05, 0.1) is 6.42 Å². The molecule has 1 unspecified atom stereocenters. The van der Waals surface area contributed by atoms with E-state index in [4.69, 9.17) is 0 Å². The van der Waals surface area contributed by atoms with Crippen LogP contribution in [0.1, 0.15) is 17.4 Å². The van der Waals surface area contributed by atoms with Gasteiger partial charge in [-0.3, -0.25) is 9.59 Å². The summed E-state index contributed by atoms with van der Waals surface area (Å²) in [6.45, 7) is 5.41. The third kappa shape index (κ3) is 5.71. The van der Waals surface area contributed by atoms with E-state index in [0.29, 0.717) is 5.69 Å². The van der Waals surface area contributed by atoms with Gasteiger partial charge in [-0.2, -0.15) is 0 Å². The Kier molecular flexibility index (Phi) is 6.11. The smallest absolute Gasteiger partial charge is 0.247 e. The summed E-state index contributed by atoms with van der Waals surface area (Å²) in [4.78, 5) is 24.7. The van der Waals surface area contributed by atoms with Crippen LogP contribution in [0.25, 0.3) is 0 Å². The highest BCUT2D eigenvalue weighted by molar-refractivity contribution is 7.09. The predicted octanol–water partition coefficient (Wildman–Crippen LogP) is 3.16. The Balaban J connectivity index is 1.88. The molecule has 1 aromatic carbocycles. The Morgan fingerprint density at radius 2 is 2.13 bits per heavy atom. The first-order valence-electron chi connectivity index (χ1n) is 7.41. The Hall–Kier alpha value is -2.40. The van der Waals surface area contributed by atoms with Crippen molar-refractivity contribution in [3.05, 3.63) is 64.9 Å². The third-order valence-electron chi connectivity index (χ3n) is 3.24. The SMILES string of the molecule is C=CC(=O)Nc1cccc(CC(=O)NC(C)Cc2cccs2)c1. The highest BCUT2D eigenvalue weighted by Crippen LogP contribution is 2.13. The number of anilines is 1. The van der Waals surface area contributed by atoms with Crippen LogP contribution in [0.3, 0.4) is 0 Å². The van der Waals surface area contributed by atoms with E-state index in [0.717, 1.165) is 12.0 Å². The Morgan fingerprint density at radius 1 is 1.30 bits per heavy atom. The van der Waals surface area contributed by atoms with Gasteiger partial charge in [0.25, 0.3) is 0 Å². The summed E-state index contributed by atoms with van der Waals surface area (Å²) in [5, 5.41) is 7.73. The second kappa shape index (κ2) is 8.29. The van der Waals surface area contributed by atoms with Crippen molar-refractivity contribution in [1.29, 1.82) is 0 Å². The minimum absolute atomic E-state index is 0.0266. The molecule has 0 fully saturated rings. The van der Waals surface area contributed by atoms with Crippen molar-refractivity contribution in [3.63, 3.8) is 0 Å². The molecule has 0 aliphatic heterocycles. The molecule has 0 saturated heterocycles. The fraction of sp³-hybridized carbons (Fsp3) is 0.222. The maximum atomic E-state index is 12.1. The van der Waals surface area contributed by atoms with Crippen LogP contribution in [0.2, 0.25) is 0 Å². The monoisotopic (exact) mass is 328 g/mol. The summed E-state index contributed by atoms with van der Waals surface area (Å²) < 4.78 is 0. The van der Waals surface area contributed by atoms with Crippen molar-refractivity contribution in [2.75, 3.05) is 5.32 Å². The molecule has 1 atom stereocenters. The van der Waals surface area contributed by atoms with E-state index >= 15 is 0 Å². The quantitative estimate of drug-likeness (QED) is 0.767. The summed E-state index contributed by atoms with van der Waals surface area (Å²) in [6, 6.07) is 11.4. The first-order valence-corrected chi connectivity index (χ1v) is 8.29. The Labute approximate surface area is 140 Å². The normalized spacial score (nSPS) is 11.5. The van der Waals surface area contributed by atoms with E-state index in [2.05, 4.69) is 23.3 Å². The van der Waals surface area contributed by atoms with Gasteiger partial charge in [0.1, 0.15) is 0 Å². The molecule has 0 radical (unpaired) electrons. The lowest BCUT2D eigenvalue weighted by Gasteiger charge is -2.13. The summed E-state index contributed by atoms with van der Waals surface area (Å²) >= 11 is 1.69. The molecule has 23 heavy (non-hydrogen) atoms. The summed E-state index contributed by atoms with van der Waals surface area (Å²) in [6.07, 6.45) is 2.33. The molecule has 0 aliphatic carbocycles. The van der Waals surface area contributed by atoms with Crippen LogP contribution < -0.4 is 10.6 Å². The molecule has 0 saturated carbocycles. The van der Waals surface area contributed by atoms with Crippen LogP contribution in [0.4, 0.5) is 5.69 Å². The van der Waals surface area contributed by atoms with Crippen molar-refractivity contribution >= 4 is 28.8 Å². The number of nitrogens with one attached hydrogen (secondary N) is 2. The zero-order chi connectivity index (χ0) is 16.7. The Morgan fingerprint density at radius 3 is 2.83 bits per heavy atom. The van der Waals surface area contributed by atoms with Crippen LogP contribution in [0.5, 0.6) is 0 Å². The van der Waals surface area contributed by atoms with Gasteiger partial charge in [0.2, 0.25) is 11.8 Å². The molecule has 5 heteroatoms. The zero-order valence-electron chi connectivity index (χ0n) is 13.0. The van der Waals surface area contributed by atoms with Crippen LogP contribution in [-0.4, -0.2) is 17.9 Å². The molecular formula is C18H20N2O2S. The van der Waals surface area contributed by atoms with Gasteiger partial charge in [0, 0.05) is 23.0 Å². The van der Waals surface area contributed by atoms with Crippen LogP contribution >= 0.6 is 11.3 Å². The molecule has 2 aromatic rings. The van der Waals surface area contributed by atoms with Crippen molar-refractivity contribution in [3.8, 4) is 0 Å². The van der Waals surface area contributed by atoms with Gasteiger partial charge in [-0.05, 0) is 42.1 Å². The maximum Gasteiger partial charge on any atom is 0.247 e. The van der Waals surface area contributed by atoms with Gasteiger partial charge < -0.3 is 10.6 Å². The number of hydrogen-bond acceptors (Lipinski definition) is 3. The van der Waals surface area contributed by atoms with Gasteiger partial charge in [-0.15, -0.1) is 11.3 Å². The number of benzene rings is 1. The molecule has 2 rings (SSSR count). The minimum atomic E-state index is -0.267. The molecule has 0 spiro atoms. The highest BCUT2D eigenvalue weighted by Gasteiger charge is 2.10. The van der Waals surface area contributed by atoms with Crippen molar-refractivity contribution in [2.24, 2.45) is 0 Å². The van der Waals surface area contributed by atoms with Crippen molar-refractivity contribution in [1.82, 2.24) is 5.32 Å². The number of thiophene rings is 1. The molecule has 2 N–H and O–H groups in total. The highest BCUT2D eigenvalue weighted by atomic mass is 32.1. The second-order valence-corrected chi connectivity index (χ2v) is 6.35. The fourth-order valence-electron chi connectivity index (χ4n) is 2.25. The molecule has 2 amide bonds. The van der Waals surface area contributed by atoms with Gasteiger partial charge in [-0.1, -0.05) is 24.8 Å². The summed E-state index contributed by atoms with van der Waals surface area (Å²) in [5.74, 6) is -0.294. The number of carbonyl (C=O) groups is 2. The fourth-order valence-corrected chi connectivity index (χ4v) is 3.08. The molecule has 1 aromatic heterocycles. The lowest BCUT2D eigenvalue weighted by atomic mass is 10.1. The molecule has 120 valence electrons. The topological polar surface area (TPSA) is 58.2 Å². The lowest BCUT2D eigenvalue weighted by Crippen LogP contribution is -2.34. The number of carbonyl (C=O) groups excluding carboxylic acids is 2. The molecule has 0 aliphatic rings. The second-order valence-electron chi connectivity index (χ2n) is 5.32. The summed E-state index contributed by atoms with van der Waals surface area (Å²) in [5.41, 5.74) is 1.51. The van der Waals surface area contributed by atoms with E-state index in [-0.39, 0.29) is 24.3 Å². The lowest BCUT2D eigenvalue weighted by molar-refractivity contribution is -0.121. The van der Waals surface area contributed by atoms with Crippen LogP contribution in [0.15, 0.2) is 54.4 Å². The number of rotatable bonds is 7. The Bertz CT molecular complexity index is 680. The molecular weight excluding hydrogens is 308 g/mol. The number of hydrogen-bond donors (Lipinski definition) is 2.